The lowest BCUT2D eigenvalue weighted by atomic mass is 10.0. The Morgan fingerprint density at radius 3 is 2.54 bits per heavy atom. The topological polar surface area (TPSA) is 87.4 Å². The third kappa shape index (κ3) is 6.84. The van der Waals surface area contributed by atoms with Crippen LogP contribution in [0.4, 0.5) is 5.82 Å². The van der Waals surface area contributed by atoms with Crippen molar-refractivity contribution in [1.29, 1.82) is 5.26 Å². The molecule has 1 fully saturated rings. The van der Waals surface area contributed by atoms with Crippen molar-refractivity contribution in [3.63, 3.8) is 0 Å². The van der Waals surface area contributed by atoms with Gasteiger partial charge in [-0.15, -0.1) is 0 Å². The second kappa shape index (κ2) is 13.9. The second-order valence-electron chi connectivity index (χ2n) is 9.56. The molecule has 212 valence electrons. The molecule has 0 radical (unpaired) electrons. The van der Waals surface area contributed by atoms with Crippen LogP contribution in [0.1, 0.15) is 47.6 Å². The average Bonchev–Trinajstić information content (AvgIpc) is 3.24. The standard InChI is InChI=1S/C31H31ClN4O3S2/c1-4-5-15-35-28(34-19-22-8-6-7-9-26(22)32)24(20(2)25(18-33)29(35)37)17-27-30(38)36(31(40)41-27)16-14-21-10-12-23(39-3)13-11-21/h6-13,17,34H,4-5,14-16,19H2,1-3H3/b27-17+. The van der Waals surface area contributed by atoms with Gasteiger partial charge in [0.05, 0.1) is 12.0 Å². The number of nitrogens with zero attached hydrogens (tertiary/aromatic N) is 3. The summed E-state index contributed by atoms with van der Waals surface area (Å²) in [5.41, 5.74) is 2.75. The van der Waals surface area contributed by atoms with Gasteiger partial charge in [-0.1, -0.05) is 79.3 Å². The lowest BCUT2D eigenvalue weighted by Crippen LogP contribution is -2.30. The molecule has 41 heavy (non-hydrogen) atoms. The maximum Gasteiger partial charge on any atom is 0.270 e. The van der Waals surface area contributed by atoms with E-state index in [9.17, 15) is 14.9 Å². The SMILES string of the molecule is CCCCn1c(NCc2ccccc2Cl)c(/C=C2/SC(=S)N(CCc3ccc(OC)cc3)C2=O)c(C)c(C#N)c1=O. The molecule has 1 saturated heterocycles. The van der Waals surface area contributed by atoms with Crippen LogP contribution >= 0.6 is 35.6 Å². The molecule has 0 atom stereocenters. The first kappa shape index (κ1) is 30.4. The first-order valence-electron chi connectivity index (χ1n) is 13.3. The number of ether oxygens (including phenoxy) is 1. The molecule has 1 N–H and O–H groups in total. The number of nitriles is 1. The van der Waals surface area contributed by atoms with Crippen LogP contribution in [0.2, 0.25) is 5.02 Å². The summed E-state index contributed by atoms with van der Waals surface area (Å²) in [6, 6.07) is 17.3. The Bertz CT molecular complexity index is 1590. The summed E-state index contributed by atoms with van der Waals surface area (Å²) in [5, 5.41) is 13.9. The monoisotopic (exact) mass is 606 g/mol. The fourth-order valence-corrected chi connectivity index (χ4v) is 6.05. The minimum Gasteiger partial charge on any atom is -0.497 e. The first-order chi connectivity index (χ1) is 19.8. The minimum atomic E-state index is -0.357. The number of thioether (sulfide) groups is 1. The Morgan fingerprint density at radius 1 is 1.15 bits per heavy atom. The molecule has 2 aromatic carbocycles. The van der Waals surface area contributed by atoms with Gasteiger partial charge in [-0.2, -0.15) is 5.26 Å². The van der Waals surface area contributed by atoms with E-state index in [1.807, 2.05) is 55.5 Å². The largest absolute Gasteiger partial charge is 0.497 e. The number of aromatic nitrogens is 1. The molecule has 3 aromatic rings. The van der Waals surface area contributed by atoms with E-state index in [0.717, 1.165) is 29.7 Å². The van der Waals surface area contributed by atoms with Gasteiger partial charge in [0.2, 0.25) is 0 Å². The summed E-state index contributed by atoms with van der Waals surface area (Å²) in [7, 11) is 1.62. The summed E-state index contributed by atoms with van der Waals surface area (Å²) >= 11 is 13.2. The number of pyridine rings is 1. The van der Waals surface area contributed by atoms with Gasteiger partial charge < -0.3 is 10.1 Å². The number of hydrogen-bond acceptors (Lipinski definition) is 7. The first-order valence-corrected chi connectivity index (χ1v) is 14.9. The van der Waals surface area contributed by atoms with Gasteiger partial charge in [-0.05, 0) is 60.7 Å². The van der Waals surface area contributed by atoms with E-state index < -0.39 is 0 Å². The molecule has 1 aromatic heterocycles. The zero-order chi connectivity index (χ0) is 29.5. The van der Waals surface area contributed by atoms with E-state index >= 15 is 0 Å². The third-order valence-electron chi connectivity index (χ3n) is 6.95. The maximum absolute atomic E-state index is 13.5. The predicted octanol–water partition coefficient (Wildman–Crippen LogP) is 6.55. The molecule has 0 saturated carbocycles. The number of thiocarbonyl (C=S) groups is 1. The van der Waals surface area contributed by atoms with Crippen molar-refractivity contribution in [2.24, 2.45) is 0 Å². The predicted molar refractivity (Wildman–Crippen MR) is 170 cm³/mol. The Hall–Kier alpha value is -3.58. The molecule has 1 aliphatic heterocycles. The molecule has 0 aliphatic carbocycles. The quantitative estimate of drug-likeness (QED) is 0.196. The van der Waals surface area contributed by atoms with E-state index in [2.05, 4.69) is 11.4 Å². The van der Waals surface area contributed by atoms with Crippen LogP contribution in [0.3, 0.4) is 0 Å². The number of anilines is 1. The Balaban J connectivity index is 1.70. The van der Waals surface area contributed by atoms with Gasteiger partial charge >= 0.3 is 0 Å². The summed E-state index contributed by atoms with van der Waals surface area (Å²) in [6.45, 7) is 5.00. The van der Waals surface area contributed by atoms with Gasteiger partial charge in [0.25, 0.3) is 11.5 Å². The van der Waals surface area contributed by atoms with Crippen molar-refractivity contribution in [3.05, 3.63) is 96.6 Å². The number of nitrogens with one attached hydrogen (secondary N) is 1. The molecule has 0 bridgehead atoms. The van der Waals surface area contributed by atoms with Gasteiger partial charge in [-0.3, -0.25) is 19.1 Å². The number of carbonyl (C=O) groups excluding carboxylic acids is 1. The van der Waals surface area contributed by atoms with E-state index in [-0.39, 0.29) is 17.0 Å². The molecular weight excluding hydrogens is 576 g/mol. The van der Waals surface area contributed by atoms with Gasteiger partial charge in [0.1, 0.15) is 27.5 Å². The normalized spacial score (nSPS) is 14.0. The van der Waals surface area contributed by atoms with Crippen LogP contribution in [0.15, 0.2) is 58.2 Å². The molecule has 1 amide bonds. The summed E-state index contributed by atoms with van der Waals surface area (Å²) in [6.07, 6.45) is 4.00. The van der Waals surface area contributed by atoms with Crippen molar-refractivity contribution in [2.45, 2.75) is 46.2 Å². The average molecular weight is 607 g/mol. The summed E-state index contributed by atoms with van der Waals surface area (Å²) < 4.78 is 7.29. The van der Waals surface area contributed by atoms with E-state index in [0.29, 0.717) is 57.2 Å². The third-order valence-corrected chi connectivity index (χ3v) is 8.69. The highest BCUT2D eigenvalue weighted by atomic mass is 35.5. The molecule has 1 aliphatic rings. The Kier molecular flexibility index (Phi) is 10.3. The Morgan fingerprint density at radius 2 is 1.88 bits per heavy atom. The van der Waals surface area contributed by atoms with E-state index in [4.69, 9.17) is 28.6 Å². The number of amides is 1. The van der Waals surface area contributed by atoms with Gasteiger partial charge in [-0.25, -0.2) is 0 Å². The van der Waals surface area contributed by atoms with Crippen molar-refractivity contribution in [1.82, 2.24) is 9.47 Å². The number of benzene rings is 2. The zero-order valence-corrected chi connectivity index (χ0v) is 25.6. The number of rotatable bonds is 11. The lowest BCUT2D eigenvalue weighted by Gasteiger charge is -2.20. The van der Waals surface area contributed by atoms with Crippen molar-refractivity contribution >= 4 is 57.7 Å². The van der Waals surface area contributed by atoms with Crippen LogP contribution in [-0.2, 0) is 24.3 Å². The molecule has 0 unspecified atom stereocenters. The van der Waals surface area contributed by atoms with Gasteiger partial charge in [0.15, 0.2) is 0 Å². The van der Waals surface area contributed by atoms with Crippen molar-refractivity contribution < 1.29 is 9.53 Å². The number of methoxy groups -OCH3 is 1. The number of unbranched alkanes of at least 4 members (excludes halogenated alkanes) is 1. The number of halogens is 1. The van der Waals surface area contributed by atoms with Crippen molar-refractivity contribution in [2.75, 3.05) is 19.0 Å². The zero-order valence-electron chi connectivity index (χ0n) is 23.2. The minimum absolute atomic E-state index is 0.0608. The second-order valence-corrected chi connectivity index (χ2v) is 11.6. The fraction of sp³-hybridized carbons (Fsp3) is 0.290. The maximum atomic E-state index is 13.5. The molecule has 7 nitrogen and oxygen atoms in total. The van der Waals surface area contributed by atoms with E-state index in [1.54, 1.807) is 29.6 Å². The highest BCUT2D eigenvalue weighted by Gasteiger charge is 2.32. The highest BCUT2D eigenvalue weighted by molar-refractivity contribution is 8.26. The molecule has 2 heterocycles. The van der Waals surface area contributed by atoms with Crippen LogP contribution in [0.5, 0.6) is 5.75 Å². The summed E-state index contributed by atoms with van der Waals surface area (Å²) in [5.74, 6) is 1.12. The van der Waals surface area contributed by atoms with Gasteiger partial charge in [0, 0.05) is 30.2 Å². The van der Waals surface area contributed by atoms with Crippen LogP contribution in [0.25, 0.3) is 6.08 Å². The lowest BCUT2D eigenvalue weighted by molar-refractivity contribution is -0.122. The molecule has 10 heteroatoms. The number of hydrogen-bond donors (Lipinski definition) is 1. The molecule has 4 rings (SSSR count). The number of carbonyl (C=O) groups is 1. The molecular formula is C31H31ClN4O3S2. The van der Waals surface area contributed by atoms with Crippen LogP contribution in [0, 0.1) is 18.3 Å². The highest BCUT2D eigenvalue weighted by Crippen LogP contribution is 2.35. The molecule has 0 spiro atoms. The smallest absolute Gasteiger partial charge is 0.270 e. The van der Waals surface area contributed by atoms with Crippen LogP contribution in [-0.4, -0.2) is 33.3 Å². The van der Waals surface area contributed by atoms with E-state index in [1.165, 1.54) is 11.8 Å². The fourth-order valence-electron chi connectivity index (χ4n) is 4.56. The Labute approximate surface area is 254 Å². The summed E-state index contributed by atoms with van der Waals surface area (Å²) in [4.78, 5) is 29.0. The van der Waals surface area contributed by atoms with Crippen LogP contribution < -0.4 is 15.6 Å². The van der Waals surface area contributed by atoms with Crippen molar-refractivity contribution in [3.8, 4) is 11.8 Å².